The molecule has 2 aromatic rings. The summed E-state index contributed by atoms with van der Waals surface area (Å²) in [4.78, 5) is 10.2. The number of nitrogens with zero attached hydrogens (tertiary/aromatic N) is 1. The fourth-order valence-electron chi connectivity index (χ4n) is 2.11. The van der Waals surface area contributed by atoms with E-state index in [1.165, 1.54) is 12.1 Å². The van der Waals surface area contributed by atoms with E-state index in [2.05, 4.69) is 5.32 Å². The summed E-state index contributed by atoms with van der Waals surface area (Å²) in [6.45, 7) is 2.45. The Morgan fingerprint density at radius 1 is 1.22 bits per heavy atom. The van der Waals surface area contributed by atoms with Crippen LogP contribution in [0.5, 0.6) is 5.75 Å². The highest BCUT2D eigenvalue weighted by molar-refractivity contribution is 5.37. The smallest absolute Gasteiger partial charge is 0.273 e. The molecule has 0 saturated carbocycles. The lowest BCUT2D eigenvalue weighted by Gasteiger charge is -2.18. The maximum atomic E-state index is 10.7. The molecule has 23 heavy (non-hydrogen) atoms. The topological polar surface area (TPSA) is 84.6 Å². The van der Waals surface area contributed by atoms with Crippen LogP contribution in [0, 0.1) is 10.1 Å². The molecule has 2 atom stereocenters. The average Bonchev–Trinajstić information content (AvgIpc) is 2.58. The Morgan fingerprint density at radius 3 is 2.65 bits per heavy atom. The van der Waals surface area contributed by atoms with Crippen molar-refractivity contribution in [3.05, 3.63) is 70.3 Å². The second kappa shape index (κ2) is 8.26. The summed E-state index contributed by atoms with van der Waals surface area (Å²) in [5.74, 6) is 0.370. The van der Waals surface area contributed by atoms with Gasteiger partial charge in [-0.25, -0.2) is 0 Å². The standard InChI is InChI=1S/C17H20N2O4/c1-13(14-6-3-2-4-7-14)18-11-16(20)12-23-17-9-5-8-15(10-17)19(21)22/h2-10,13,16,18,20H,11-12H2,1H3. The van der Waals surface area contributed by atoms with Gasteiger partial charge in [0.1, 0.15) is 18.5 Å². The minimum Gasteiger partial charge on any atom is -0.491 e. The van der Waals surface area contributed by atoms with Gasteiger partial charge in [0.2, 0.25) is 0 Å². The maximum Gasteiger partial charge on any atom is 0.273 e. The van der Waals surface area contributed by atoms with E-state index in [4.69, 9.17) is 4.74 Å². The molecule has 0 aromatic heterocycles. The zero-order chi connectivity index (χ0) is 16.7. The van der Waals surface area contributed by atoms with E-state index in [0.717, 1.165) is 5.56 Å². The third kappa shape index (κ3) is 5.36. The quantitative estimate of drug-likeness (QED) is 0.578. The highest BCUT2D eigenvalue weighted by Crippen LogP contribution is 2.19. The van der Waals surface area contributed by atoms with Crippen molar-refractivity contribution in [1.82, 2.24) is 5.32 Å². The highest BCUT2D eigenvalue weighted by Gasteiger charge is 2.11. The molecular formula is C17H20N2O4. The number of aliphatic hydroxyl groups excluding tert-OH is 1. The molecule has 2 rings (SSSR count). The van der Waals surface area contributed by atoms with Crippen LogP contribution in [0.3, 0.4) is 0 Å². The molecule has 0 saturated heterocycles. The molecule has 6 heteroatoms. The lowest BCUT2D eigenvalue weighted by atomic mass is 10.1. The van der Waals surface area contributed by atoms with Gasteiger partial charge in [-0.1, -0.05) is 36.4 Å². The minimum atomic E-state index is -0.708. The van der Waals surface area contributed by atoms with Crippen LogP contribution in [0.15, 0.2) is 54.6 Å². The van der Waals surface area contributed by atoms with Crippen LogP contribution in [0.4, 0.5) is 5.69 Å². The van der Waals surface area contributed by atoms with E-state index >= 15 is 0 Å². The lowest BCUT2D eigenvalue weighted by molar-refractivity contribution is -0.384. The van der Waals surface area contributed by atoms with Gasteiger partial charge < -0.3 is 15.2 Å². The molecule has 0 aliphatic rings. The number of nitro groups is 1. The SMILES string of the molecule is CC(NCC(O)COc1cccc([N+](=O)[O-])c1)c1ccccc1. The van der Waals surface area contributed by atoms with E-state index in [0.29, 0.717) is 12.3 Å². The first kappa shape index (κ1) is 16.9. The van der Waals surface area contributed by atoms with Crippen LogP contribution in [0.25, 0.3) is 0 Å². The normalized spacial score (nSPS) is 13.3. The lowest BCUT2D eigenvalue weighted by Crippen LogP contribution is -2.33. The number of benzene rings is 2. The van der Waals surface area contributed by atoms with E-state index in [1.54, 1.807) is 12.1 Å². The van der Waals surface area contributed by atoms with Crippen LogP contribution in [-0.2, 0) is 0 Å². The number of hydrogen-bond donors (Lipinski definition) is 2. The first-order chi connectivity index (χ1) is 11.1. The van der Waals surface area contributed by atoms with Crippen LogP contribution < -0.4 is 10.1 Å². The Bertz CT molecular complexity index is 634. The van der Waals surface area contributed by atoms with Gasteiger partial charge in [0.15, 0.2) is 0 Å². The van der Waals surface area contributed by atoms with Crippen LogP contribution in [0.1, 0.15) is 18.5 Å². The van der Waals surface area contributed by atoms with Gasteiger partial charge in [-0.05, 0) is 18.6 Å². The van der Waals surface area contributed by atoms with Gasteiger partial charge in [-0.2, -0.15) is 0 Å². The molecule has 6 nitrogen and oxygen atoms in total. The van der Waals surface area contributed by atoms with Gasteiger partial charge in [0.25, 0.3) is 5.69 Å². The molecule has 0 radical (unpaired) electrons. The average molecular weight is 316 g/mol. The van der Waals surface area contributed by atoms with Gasteiger partial charge in [0, 0.05) is 18.7 Å². The molecule has 2 aromatic carbocycles. The second-order valence-electron chi connectivity index (χ2n) is 5.26. The Labute approximate surface area is 134 Å². The van der Waals surface area contributed by atoms with Crippen molar-refractivity contribution in [2.75, 3.05) is 13.2 Å². The third-order valence-corrected chi connectivity index (χ3v) is 3.43. The van der Waals surface area contributed by atoms with E-state index in [9.17, 15) is 15.2 Å². The van der Waals surface area contributed by atoms with Crippen molar-refractivity contribution in [1.29, 1.82) is 0 Å². The summed E-state index contributed by atoms with van der Waals surface area (Å²) < 4.78 is 5.40. The summed E-state index contributed by atoms with van der Waals surface area (Å²) >= 11 is 0. The predicted molar refractivity (Wildman–Crippen MR) is 87.5 cm³/mol. The number of hydrogen-bond acceptors (Lipinski definition) is 5. The van der Waals surface area contributed by atoms with E-state index in [1.807, 2.05) is 37.3 Å². The third-order valence-electron chi connectivity index (χ3n) is 3.43. The molecule has 0 spiro atoms. The molecule has 0 fully saturated rings. The Kier molecular flexibility index (Phi) is 6.08. The molecule has 0 aliphatic heterocycles. The molecule has 0 aliphatic carbocycles. The largest absolute Gasteiger partial charge is 0.491 e. The summed E-state index contributed by atoms with van der Waals surface area (Å²) in [6.07, 6.45) is -0.708. The predicted octanol–water partition coefficient (Wildman–Crippen LogP) is 2.69. The number of ether oxygens (including phenoxy) is 1. The van der Waals surface area contributed by atoms with Gasteiger partial charge in [-0.3, -0.25) is 10.1 Å². The van der Waals surface area contributed by atoms with Crippen molar-refractivity contribution >= 4 is 5.69 Å². The number of non-ortho nitro benzene ring substituents is 1. The van der Waals surface area contributed by atoms with Crippen molar-refractivity contribution in [3.8, 4) is 5.75 Å². The van der Waals surface area contributed by atoms with Gasteiger partial charge >= 0.3 is 0 Å². The molecule has 122 valence electrons. The van der Waals surface area contributed by atoms with Crippen molar-refractivity contribution in [3.63, 3.8) is 0 Å². The summed E-state index contributed by atoms with van der Waals surface area (Å²) in [5, 5.41) is 23.9. The molecule has 2 unspecified atom stereocenters. The Hall–Kier alpha value is -2.44. The van der Waals surface area contributed by atoms with Gasteiger partial charge in [-0.15, -0.1) is 0 Å². The number of aliphatic hydroxyl groups is 1. The molecule has 0 heterocycles. The fraction of sp³-hybridized carbons (Fsp3) is 0.294. The number of nitrogens with one attached hydrogen (secondary N) is 1. The first-order valence-corrected chi connectivity index (χ1v) is 7.40. The number of rotatable bonds is 8. The zero-order valence-corrected chi connectivity index (χ0v) is 12.9. The number of nitro benzene ring substituents is 1. The van der Waals surface area contributed by atoms with Crippen LogP contribution in [-0.4, -0.2) is 29.3 Å². The summed E-state index contributed by atoms with van der Waals surface area (Å²) in [6, 6.07) is 16.0. The minimum absolute atomic E-state index is 0.0344. The van der Waals surface area contributed by atoms with Crippen LogP contribution >= 0.6 is 0 Å². The monoisotopic (exact) mass is 316 g/mol. The van der Waals surface area contributed by atoms with Crippen LogP contribution in [0.2, 0.25) is 0 Å². The van der Waals surface area contributed by atoms with Crippen molar-refractivity contribution in [2.24, 2.45) is 0 Å². The van der Waals surface area contributed by atoms with Crippen molar-refractivity contribution in [2.45, 2.75) is 19.1 Å². The Morgan fingerprint density at radius 2 is 1.96 bits per heavy atom. The fourth-order valence-corrected chi connectivity index (χ4v) is 2.11. The first-order valence-electron chi connectivity index (χ1n) is 7.40. The second-order valence-corrected chi connectivity index (χ2v) is 5.26. The molecule has 0 amide bonds. The van der Waals surface area contributed by atoms with Gasteiger partial charge in [0.05, 0.1) is 11.0 Å². The summed E-state index contributed by atoms with van der Waals surface area (Å²) in [7, 11) is 0. The highest BCUT2D eigenvalue weighted by atomic mass is 16.6. The maximum absolute atomic E-state index is 10.7. The molecule has 2 N–H and O–H groups in total. The van der Waals surface area contributed by atoms with Crippen molar-refractivity contribution < 1.29 is 14.8 Å². The summed E-state index contributed by atoms with van der Waals surface area (Å²) in [5.41, 5.74) is 1.10. The van der Waals surface area contributed by atoms with E-state index in [-0.39, 0.29) is 18.3 Å². The molecule has 0 bridgehead atoms. The van der Waals surface area contributed by atoms with E-state index < -0.39 is 11.0 Å². The Balaban J connectivity index is 1.78. The molecular weight excluding hydrogens is 296 g/mol. The zero-order valence-electron chi connectivity index (χ0n) is 12.9.